The summed E-state index contributed by atoms with van der Waals surface area (Å²) in [7, 11) is 1.87. The van der Waals surface area contributed by atoms with Gasteiger partial charge in [-0.3, -0.25) is 14.5 Å². The lowest BCUT2D eigenvalue weighted by molar-refractivity contribution is -0.129. The van der Waals surface area contributed by atoms with Crippen LogP contribution in [-0.2, 0) is 9.59 Å². The molecule has 0 bridgehead atoms. The highest BCUT2D eigenvalue weighted by molar-refractivity contribution is 5.89. The van der Waals surface area contributed by atoms with Crippen LogP contribution in [-0.4, -0.2) is 73.5 Å². The molecule has 3 unspecified atom stereocenters. The van der Waals surface area contributed by atoms with E-state index in [0.29, 0.717) is 25.6 Å². The zero-order chi connectivity index (χ0) is 16.1. The second-order valence-electron chi connectivity index (χ2n) is 6.56. The summed E-state index contributed by atoms with van der Waals surface area (Å²) >= 11 is 0. The van der Waals surface area contributed by atoms with Crippen LogP contribution in [0, 0.1) is 5.92 Å². The van der Waals surface area contributed by atoms with Gasteiger partial charge in [-0.05, 0) is 39.9 Å². The van der Waals surface area contributed by atoms with Crippen LogP contribution in [0.1, 0.15) is 33.1 Å². The number of likely N-dealkylation sites (tertiary alicyclic amines) is 2. The number of nitrogens with one attached hydrogen (secondary N) is 2. The van der Waals surface area contributed by atoms with Crippen LogP contribution in [0.3, 0.4) is 0 Å². The molecule has 2 rings (SSSR count). The summed E-state index contributed by atoms with van der Waals surface area (Å²) < 4.78 is 0. The molecule has 2 heterocycles. The van der Waals surface area contributed by atoms with Gasteiger partial charge in [0.1, 0.15) is 0 Å². The molecule has 0 aliphatic carbocycles. The van der Waals surface area contributed by atoms with Crippen LogP contribution in [0.4, 0.5) is 0 Å². The number of rotatable bonds is 7. The number of likely N-dealkylation sites (N-methyl/N-ethyl adjacent to an activating group) is 2. The minimum Gasteiger partial charge on any atom is -0.354 e. The van der Waals surface area contributed by atoms with Gasteiger partial charge in [0.25, 0.3) is 0 Å². The lowest BCUT2D eigenvalue weighted by atomic mass is 10.1. The molecule has 3 atom stereocenters. The second-order valence-corrected chi connectivity index (χ2v) is 6.56. The van der Waals surface area contributed by atoms with Crippen molar-refractivity contribution < 1.29 is 9.59 Å². The van der Waals surface area contributed by atoms with Crippen molar-refractivity contribution in [1.29, 1.82) is 0 Å². The molecule has 6 heteroatoms. The third kappa shape index (κ3) is 4.20. The maximum atomic E-state index is 12.2. The first kappa shape index (κ1) is 17.2. The lowest BCUT2D eigenvalue weighted by Crippen LogP contribution is -2.42. The molecule has 0 spiro atoms. The Hall–Kier alpha value is -1.14. The summed E-state index contributed by atoms with van der Waals surface area (Å²) in [6.45, 7) is 8.32. The van der Waals surface area contributed by atoms with E-state index in [-0.39, 0.29) is 23.8 Å². The monoisotopic (exact) mass is 310 g/mol. The highest BCUT2D eigenvalue weighted by atomic mass is 16.2. The van der Waals surface area contributed by atoms with Crippen molar-refractivity contribution in [3.05, 3.63) is 0 Å². The molecule has 22 heavy (non-hydrogen) atoms. The molecular formula is C16H30N4O2. The van der Waals surface area contributed by atoms with Crippen molar-refractivity contribution in [2.24, 2.45) is 5.92 Å². The zero-order valence-corrected chi connectivity index (χ0v) is 14.1. The SMILES string of the molecule is CCN1CCCC1CN1CC(C(=O)NCC(C)NC)CC1=O. The average molecular weight is 310 g/mol. The van der Waals surface area contributed by atoms with E-state index in [9.17, 15) is 9.59 Å². The Balaban J connectivity index is 1.81. The van der Waals surface area contributed by atoms with Crippen LogP contribution < -0.4 is 10.6 Å². The Morgan fingerprint density at radius 3 is 2.91 bits per heavy atom. The Kier molecular flexibility index (Phi) is 6.20. The third-order valence-corrected chi connectivity index (χ3v) is 5.00. The van der Waals surface area contributed by atoms with Crippen molar-refractivity contribution in [2.45, 2.75) is 45.2 Å². The lowest BCUT2D eigenvalue weighted by Gasteiger charge is -2.27. The Morgan fingerprint density at radius 1 is 1.45 bits per heavy atom. The standard InChI is InChI=1S/C16H30N4O2/c1-4-19-7-5-6-14(19)11-20-10-13(8-15(20)21)16(22)18-9-12(2)17-3/h12-14,17H,4-11H2,1-3H3,(H,18,22). The molecule has 126 valence electrons. The van der Waals surface area contributed by atoms with Gasteiger partial charge in [-0.15, -0.1) is 0 Å². The smallest absolute Gasteiger partial charge is 0.225 e. The summed E-state index contributed by atoms with van der Waals surface area (Å²) in [4.78, 5) is 28.7. The number of carbonyl (C=O) groups excluding carboxylic acids is 2. The maximum Gasteiger partial charge on any atom is 0.225 e. The molecule has 6 nitrogen and oxygen atoms in total. The Labute approximate surface area is 133 Å². The highest BCUT2D eigenvalue weighted by Gasteiger charge is 2.36. The van der Waals surface area contributed by atoms with Crippen molar-refractivity contribution in [1.82, 2.24) is 20.4 Å². The molecule has 2 aliphatic heterocycles. The van der Waals surface area contributed by atoms with E-state index in [2.05, 4.69) is 22.5 Å². The predicted octanol–water partition coefficient (Wildman–Crippen LogP) is 0.0433. The van der Waals surface area contributed by atoms with E-state index >= 15 is 0 Å². The summed E-state index contributed by atoms with van der Waals surface area (Å²) in [5.41, 5.74) is 0. The van der Waals surface area contributed by atoms with Crippen molar-refractivity contribution >= 4 is 11.8 Å². The van der Waals surface area contributed by atoms with Crippen LogP contribution in [0.15, 0.2) is 0 Å². The molecule has 2 amide bonds. The average Bonchev–Trinajstić information content (AvgIpc) is 3.11. The molecule has 2 fully saturated rings. The second kappa shape index (κ2) is 7.92. The predicted molar refractivity (Wildman–Crippen MR) is 86.5 cm³/mol. The highest BCUT2D eigenvalue weighted by Crippen LogP contribution is 2.23. The third-order valence-electron chi connectivity index (χ3n) is 5.00. The van der Waals surface area contributed by atoms with E-state index in [4.69, 9.17) is 0 Å². The van der Waals surface area contributed by atoms with Gasteiger partial charge in [-0.25, -0.2) is 0 Å². The molecule has 2 N–H and O–H groups in total. The van der Waals surface area contributed by atoms with E-state index in [1.165, 1.54) is 6.42 Å². The molecule has 0 saturated carbocycles. The number of nitrogens with zero attached hydrogens (tertiary/aromatic N) is 2. The van der Waals surface area contributed by atoms with Gasteiger partial charge in [-0.1, -0.05) is 6.92 Å². The zero-order valence-electron chi connectivity index (χ0n) is 14.1. The summed E-state index contributed by atoms with van der Waals surface area (Å²) in [5, 5.41) is 6.03. The Morgan fingerprint density at radius 2 is 2.23 bits per heavy atom. The van der Waals surface area contributed by atoms with Crippen molar-refractivity contribution in [3.63, 3.8) is 0 Å². The largest absolute Gasteiger partial charge is 0.354 e. The summed E-state index contributed by atoms with van der Waals surface area (Å²) in [6, 6.07) is 0.717. The van der Waals surface area contributed by atoms with Gasteiger partial charge in [0.2, 0.25) is 11.8 Å². The fraction of sp³-hybridized carbons (Fsp3) is 0.875. The summed E-state index contributed by atoms with van der Waals surface area (Å²) in [5.74, 6) is -0.0467. The van der Waals surface area contributed by atoms with E-state index in [1.807, 2.05) is 18.9 Å². The van der Waals surface area contributed by atoms with E-state index in [1.54, 1.807) is 0 Å². The van der Waals surface area contributed by atoms with Gasteiger partial charge in [0.15, 0.2) is 0 Å². The molecule has 2 saturated heterocycles. The quantitative estimate of drug-likeness (QED) is 0.697. The van der Waals surface area contributed by atoms with Gasteiger partial charge >= 0.3 is 0 Å². The van der Waals surface area contributed by atoms with E-state index in [0.717, 1.165) is 26.1 Å². The van der Waals surface area contributed by atoms with Crippen LogP contribution >= 0.6 is 0 Å². The van der Waals surface area contributed by atoms with Crippen LogP contribution in [0.25, 0.3) is 0 Å². The molecule has 0 radical (unpaired) electrons. The van der Waals surface area contributed by atoms with E-state index < -0.39 is 0 Å². The topological polar surface area (TPSA) is 64.7 Å². The normalized spacial score (nSPS) is 27.4. The molecule has 0 aromatic carbocycles. The number of amides is 2. The van der Waals surface area contributed by atoms with Gasteiger partial charge < -0.3 is 15.5 Å². The fourth-order valence-corrected chi connectivity index (χ4v) is 3.40. The Bertz CT molecular complexity index is 402. The summed E-state index contributed by atoms with van der Waals surface area (Å²) in [6.07, 6.45) is 2.74. The molecule has 2 aliphatic rings. The number of hydrogen-bond donors (Lipinski definition) is 2. The molecular weight excluding hydrogens is 280 g/mol. The van der Waals surface area contributed by atoms with Gasteiger partial charge in [0, 0.05) is 38.1 Å². The van der Waals surface area contributed by atoms with Crippen LogP contribution in [0.5, 0.6) is 0 Å². The minimum absolute atomic E-state index is 0.0109. The number of carbonyl (C=O) groups is 2. The number of hydrogen-bond acceptors (Lipinski definition) is 4. The first-order chi connectivity index (χ1) is 10.5. The maximum absolute atomic E-state index is 12.2. The van der Waals surface area contributed by atoms with Gasteiger partial charge in [-0.2, -0.15) is 0 Å². The molecule has 0 aromatic heterocycles. The molecule has 0 aromatic rings. The van der Waals surface area contributed by atoms with Crippen molar-refractivity contribution in [2.75, 3.05) is 39.8 Å². The first-order valence-corrected chi connectivity index (χ1v) is 8.52. The van der Waals surface area contributed by atoms with Gasteiger partial charge in [0.05, 0.1) is 5.92 Å². The minimum atomic E-state index is -0.187. The van der Waals surface area contributed by atoms with Crippen molar-refractivity contribution in [3.8, 4) is 0 Å². The fourth-order valence-electron chi connectivity index (χ4n) is 3.40. The first-order valence-electron chi connectivity index (χ1n) is 8.52. The van der Waals surface area contributed by atoms with Crippen LogP contribution in [0.2, 0.25) is 0 Å².